The highest BCUT2D eigenvalue weighted by atomic mass is 32.1. The van der Waals surface area contributed by atoms with Crippen molar-refractivity contribution in [3.63, 3.8) is 0 Å². The fourth-order valence-electron chi connectivity index (χ4n) is 2.98. The van der Waals surface area contributed by atoms with Crippen LogP contribution in [0.4, 0.5) is 5.13 Å². The lowest BCUT2D eigenvalue weighted by Gasteiger charge is -2.21. The van der Waals surface area contributed by atoms with E-state index in [1.165, 1.54) is 23.3 Å². The number of hydrogen-bond donors (Lipinski definition) is 2. The zero-order valence-electron chi connectivity index (χ0n) is 14.2. The first-order valence-electron chi connectivity index (χ1n) is 8.46. The van der Waals surface area contributed by atoms with Crippen molar-refractivity contribution in [2.75, 3.05) is 18.4 Å². The number of carbonyl (C=O) groups is 1. The van der Waals surface area contributed by atoms with Crippen molar-refractivity contribution in [2.24, 2.45) is 5.92 Å². The molecule has 1 aliphatic rings. The van der Waals surface area contributed by atoms with Crippen LogP contribution in [-0.4, -0.2) is 29.2 Å². The van der Waals surface area contributed by atoms with E-state index in [4.69, 9.17) is 0 Å². The predicted octanol–water partition coefficient (Wildman–Crippen LogP) is 3.19. The quantitative estimate of drug-likeness (QED) is 0.844. The molecule has 1 aliphatic heterocycles. The van der Waals surface area contributed by atoms with Gasteiger partial charge in [0.1, 0.15) is 5.01 Å². The SMILES string of the molecule is CC(C)(c1ccccc1)c1nnc(NC(=O)CCC2CCNC2)s1. The molecule has 6 heteroatoms. The molecule has 0 saturated carbocycles. The molecular weight excluding hydrogens is 320 g/mol. The van der Waals surface area contributed by atoms with E-state index in [-0.39, 0.29) is 11.3 Å². The predicted molar refractivity (Wildman–Crippen MR) is 97.3 cm³/mol. The first-order valence-corrected chi connectivity index (χ1v) is 9.27. The number of aromatic nitrogens is 2. The van der Waals surface area contributed by atoms with Crippen molar-refractivity contribution in [3.8, 4) is 0 Å². The van der Waals surface area contributed by atoms with Crippen LogP contribution in [0.25, 0.3) is 0 Å². The average Bonchev–Trinajstić information content (AvgIpc) is 3.26. The summed E-state index contributed by atoms with van der Waals surface area (Å²) in [6.07, 6.45) is 2.64. The number of rotatable bonds is 6. The molecule has 5 nitrogen and oxygen atoms in total. The minimum Gasteiger partial charge on any atom is -0.316 e. The van der Waals surface area contributed by atoms with Crippen LogP contribution in [-0.2, 0) is 10.2 Å². The number of benzene rings is 1. The van der Waals surface area contributed by atoms with E-state index in [0.29, 0.717) is 17.5 Å². The van der Waals surface area contributed by atoms with E-state index in [2.05, 4.69) is 46.8 Å². The largest absolute Gasteiger partial charge is 0.316 e. The summed E-state index contributed by atoms with van der Waals surface area (Å²) in [6.45, 7) is 6.35. The van der Waals surface area contributed by atoms with Gasteiger partial charge in [-0.05, 0) is 51.3 Å². The molecule has 1 aromatic carbocycles. The molecular formula is C18H24N4OS. The van der Waals surface area contributed by atoms with E-state index < -0.39 is 0 Å². The second-order valence-electron chi connectivity index (χ2n) is 6.85. The van der Waals surface area contributed by atoms with Crippen molar-refractivity contribution in [2.45, 2.75) is 38.5 Å². The third-order valence-corrected chi connectivity index (χ3v) is 5.81. The zero-order valence-corrected chi connectivity index (χ0v) is 15.0. The smallest absolute Gasteiger partial charge is 0.226 e. The van der Waals surface area contributed by atoms with Gasteiger partial charge >= 0.3 is 0 Å². The number of hydrogen-bond acceptors (Lipinski definition) is 5. The van der Waals surface area contributed by atoms with Crippen molar-refractivity contribution in [1.82, 2.24) is 15.5 Å². The van der Waals surface area contributed by atoms with Gasteiger partial charge in [-0.3, -0.25) is 4.79 Å². The van der Waals surface area contributed by atoms with Crippen molar-refractivity contribution in [1.29, 1.82) is 0 Å². The minimum absolute atomic E-state index is 0.0297. The van der Waals surface area contributed by atoms with Crippen LogP contribution >= 0.6 is 11.3 Å². The zero-order chi connectivity index (χ0) is 17.0. The van der Waals surface area contributed by atoms with Crippen molar-refractivity contribution < 1.29 is 4.79 Å². The highest BCUT2D eigenvalue weighted by Gasteiger charge is 2.27. The third-order valence-electron chi connectivity index (χ3n) is 4.64. The van der Waals surface area contributed by atoms with Gasteiger partial charge < -0.3 is 10.6 Å². The van der Waals surface area contributed by atoms with Gasteiger partial charge in [-0.25, -0.2) is 0 Å². The van der Waals surface area contributed by atoms with E-state index in [0.717, 1.165) is 24.5 Å². The molecule has 2 N–H and O–H groups in total. The first-order chi connectivity index (χ1) is 11.6. The Hall–Kier alpha value is -1.79. The summed E-state index contributed by atoms with van der Waals surface area (Å²) in [5, 5.41) is 16.2. The second-order valence-corrected chi connectivity index (χ2v) is 7.83. The fraction of sp³-hybridized carbons (Fsp3) is 0.500. The molecule has 0 bridgehead atoms. The van der Waals surface area contributed by atoms with Crippen LogP contribution in [0.2, 0.25) is 0 Å². The maximum atomic E-state index is 12.1. The lowest BCUT2D eigenvalue weighted by Crippen LogP contribution is -2.18. The lowest BCUT2D eigenvalue weighted by molar-refractivity contribution is -0.116. The summed E-state index contributed by atoms with van der Waals surface area (Å²) in [4.78, 5) is 12.1. The van der Waals surface area contributed by atoms with Crippen LogP contribution in [0, 0.1) is 5.92 Å². The minimum atomic E-state index is -0.225. The normalized spacial score (nSPS) is 17.8. The standard InChI is InChI=1S/C18H24N4OS/c1-18(2,14-6-4-3-5-7-14)16-21-22-17(24-16)20-15(23)9-8-13-10-11-19-12-13/h3-7,13,19H,8-12H2,1-2H3,(H,20,22,23). The highest BCUT2D eigenvalue weighted by molar-refractivity contribution is 7.15. The molecule has 128 valence electrons. The Morgan fingerprint density at radius 3 is 2.83 bits per heavy atom. The Morgan fingerprint density at radius 1 is 1.33 bits per heavy atom. The second kappa shape index (κ2) is 7.40. The summed E-state index contributed by atoms with van der Waals surface area (Å²) < 4.78 is 0. The molecule has 2 aromatic rings. The molecule has 0 aliphatic carbocycles. The fourth-order valence-corrected chi connectivity index (χ4v) is 3.87. The Kier molecular flexibility index (Phi) is 5.26. The highest BCUT2D eigenvalue weighted by Crippen LogP contribution is 2.34. The number of amides is 1. The summed E-state index contributed by atoms with van der Waals surface area (Å²) in [5.41, 5.74) is 0.963. The Labute approximate surface area is 146 Å². The van der Waals surface area contributed by atoms with Crippen LogP contribution in [0.3, 0.4) is 0 Å². The maximum Gasteiger partial charge on any atom is 0.226 e. The van der Waals surface area contributed by atoms with Gasteiger partial charge in [0.2, 0.25) is 11.0 Å². The van der Waals surface area contributed by atoms with Crippen LogP contribution in [0.15, 0.2) is 30.3 Å². The van der Waals surface area contributed by atoms with Crippen LogP contribution in [0.1, 0.15) is 43.7 Å². The van der Waals surface area contributed by atoms with Crippen molar-refractivity contribution in [3.05, 3.63) is 40.9 Å². The van der Waals surface area contributed by atoms with Gasteiger partial charge in [-0.15, -0.1) is 10.2 Å². The molecule has 0 radical (unpaired) electrons. The Balaban J connectivity index is 1.59. The summed E-state index contributed by atoms with van der Waals surface area (Å²) in [7, 11) is 0. The third kappa shape index (κ3) is 3.99. The average molecular weight is 344 g/mol. The van der Waals surface area contributed by atoms with Gasteiger partial charge in [0.25, 0.3) is 0 Å². The van der Waals surface area contributed by atoms with E-state index in [9.17, 15) is 4.79 Å². The Bertz CT molecular complexity index is 677. The molecule has 1 fully saturated rings. The van der Waals surface area contributed by atoms with Crippen LogP contribution < -0.4 is 10.6 Å². The van der Waals surface area contributed by atoms with Gasteiger partial charge in [0.05, 0.1) is 0 Å². The van der Waals surface area contributed by atoms with Gasteiger partial charge in [-0.1, -0.05) is 41.7 Å². The molecule has 1 unspecified atom stereocenters. The number of nitrogens with one attached hydrogen (secondary N) is 2. The molecule has 1 saturated heterocycles. The lowest BCUT2D eigenvalue weighted by atomic mass is 9.85. The van der Waals surface area contributed by atoms with Crippen molar-refractivity contribution >= 4 is 22.4 Å². The molecule has 1 aromatic heterocycles. The van der Waals surface area contributed by atoms with Gasteiger partial charge in [-0.2, -0.15) is 0 Å². The Morgan fingerprint density at radius 2 is 2.12 bits per heavy atom. The molecule has 0 spiro atoms. The molecule has 1 atom stereocenters. The monoisotopic (exact) mass is 344 g/mol. The molecule has 3 rings (SSSR count). The van der Waals surface area contributed by atoms with Gasteiger partial charge in [0, 0.05) is 11.8 Å². The molecule has 24 heavy (non-hydrogen) atoms. The number of carbonyl (C=O) groups excluding carboxylic acids is 1. The summed E-state index contributed by atoms with van der Waals surface area (Å²) in [6, 6.07) is 10.2. The summed E-state index contributed by atoms with van der Waals surface area (Å²) >= 11 is 1.45. The van der Waals surface area contributed by atoms with E-state index in [1.807, 2.05) is 18.2 Å². The number of nitrogens with zero attached hydrogens (tertiary/aromatic N) is 2. The van der Waals surface area contributed by atoms with Crippen LogP contribution in [0.5, 0.6) is 0 Å². The van der Waals surface area contributed by atoms with E-state index >= 15 is 0 Å². The van der Waals surface area contributed by atoms with Gasteiger partial charge in [0.15, 0.2) is 0 Å². The van der Waals surface area contributed by atoms with E-state index in [1.54, 1.807) is 0 Å². The maximum absolute atomic E-state index is 12.1. The summed E-state index contributed by atoms with van der Waals surface area (Å²) in [5.74, 6) is 0.653. The molecule has 1 amide bonds. The first kappa shape index (κ1) is 17.0. The number of anilines is 1. The molecule has 2 heterocycles. The topological polar surface area (TPSA) is 66.9 Å².